The monoisotopic (exact) mass is 216 g/mol. The molecule has 0 bridgehead atoms. The number of aryl methyl sites for hydroxylation is 2. The Labute approximate surface area is 93.1 Å². The van der Waals surface area contributed by atoms with Gasteiger partial charge in [-0.05, 0) is 18.1 Å². The Hall–Kier alpha value is -2.04. The second-order valence-corrected chi connectivity index (χ2v) is 3.46. The molecule has 2 aromatic rings. The van der Waals surface area contributed by atoms with Crippen molar-refractivity contribution < 1.29 is 4.79 Å². The molecule has 0 fully saturated rings. The topological polar surface area (TPSA) is 60.7 Å². The van der Waals surface area contributed by atoms with E-state index < -0.39 is 0 Å². The number of carbonyl (C=O) groups excluding carboxylic acids is 1. The lowest BCUT2D eigenvalue weighted by molar-refractivity contribution is 0.102. The highest BCUT2D eigenvalue weighted by Crippen LogP contribution is 2.12. The number of nitrogens with zero attached hydrogens (tertiary/aromatic N) is 4. The van der Waals surface area contributed by atoms with Crippen LogP contribution in [0.25, 0.3) is 0 Å². The summed E-state index contributed by atoms with van der Waals surface area (Å²) < 4.78 is 1.47. The third-order valence-electron chi connectivity index (χ3n) is 2.48. The summed E-state index contributed by atoms with van der Waals surface area (Å²) >= 11 is 0. The molecule has 5 heteroatoms. The minimum absolute atomic E-state index is 0.0632. The molecular weight excluding hydrogens is 204 g/mol. The van der Waals surface area contributed by atoms with Gasteiger partial charge in [0.15, 0.2) is 0 Å². The van der Waals surface area contributed by atoms with E-state index in [9.17, 15) is 4.79 Å². The highest BCUT2D eigenvalue weighted by molar-refractivity contribution is 6.08. The summed E-state index contributed by atoms with van der Waals surface area (Å²) in [6.07, 6.45) is 5.59. The summed E-state index contributed by atoms with van der Waals surface area (Å²) in [7, 11) is 1.70. The molecule has 0 aliphatic heterocycles. The first-order chi connectivity index (χ1) is 7.74. The molecule has 0 saturated heterocycles. The Morgan fingerprint density at radius 3 is 2.88 bits per heavy atom. The van der Waals surface area contributed by atoms with Crippen molar-refractivity contribution in [1.82, 2.24) is 20.0 Å². The largest absolute Gasteiger partial charge is 0.287 e. The van der Waals surface area contributed by atoms with E-state index in [2.05, 4.69) is 15.3 Å². The van der Waals surface area contributed by atoms with Gasteiger partial charge in [0, 0.05) is 25.0 Å². The van der Waals surface area contributed by atoms with Crippen molar-refractivity contribution in [1.29, 1.82) is 0 Å². The molecule has 2 rings (SSSR count). The van der Waals surface area contributed by atoms with E-state index in [1.807, 2.05) is 6.92 Å². The number of rotatable bonds is 3. The van der Waals surface area contributed by atoms with Crippen LogP contribution < -0.4 is 0 Å². The quantitative estimate of drug-likeness (QED) is 0.718. The van der Waals surface area contributed by atoms with Gasteiger partial charge in [-0.25, -0.2) is 4.68 Å². The van der Waals surface area contributed by atoms with E-state index in [0.717, 1.165) is 12.0 Å². The van der Waals surface area contributed by atoms with Crippen LogP contribution in [0.3, 0.4) is 0 Å². The zero-order valence-corrected chi connectivity index (χ0v) is 9.21. The molecule has 0 aromatic carbocycles. The van der Waals surface area contributed by atoms with Gasteiger partial charge in [-0.1, -0.05) is 12.1 Å². The second-order valence-electron chi connectivity index (χ2n) is 3.46. The van der Waals surface area contributed by atoms with Crippen LogP contribution in [0.2, 0.25) is 0 Å². The first-order valence-corrected chi connectivity index (χ1v) is 5.06. The molecule has 82 valence electrons. The highest BCUT2D eigenvalue weighted by atomic mass is 16.1. The van der Waals surface area contributed by atoms with Gasteiger partial charge in [-0.2, -0.15) is 0 Å². The standard InChI is InChI=1S/C11H12N4O/c1-3-8-6-12-5-4-9(8)11(16)10-7-13-14-15(10)2/h4-7H,3H2,1-2H3. The lowest BCUT2D eigenvalue weighted by Crippen LogP contribution is -2.10. The molecule has 0 atom stereocenters. The summed E-state index contributed by atoms with van der Waals surface area (Å²) in [6.45, 7) is 2.00. The van der Waals surface area contributed by atoms with Gasteiger partial charge in [0.05, 0.1) is 6.20 Å². The summed E-state index contributed by atoms with van der Waals surface area (Å²) in [5, 5.41) is 7.45. The highest BCUT2D eigenvalue weighted by Gasteiger charge is 2.16. The lowest BCUT2D eigenvalue weighted by atomic mass is 10.0. The van der Waals surface area contributed by atoms with Crippen LogP contribution in [0.4, 0.5) is 0 Å². The maximum atomic E-state index is 12.2. The molecule has 16 heavy (non-hydrogen) atoms. The minimum atomic E-state index is -0.0632. The van der Waals surface area contributed by atoms with Crippen LogP contribution in [0.5, 0.6) is 0 Å². The molecule has 0 spiro atoms. The number of aromatic nitrogens is 4. The second kappa shape index (κ2) is 4.22. The predicted octanol–water partition coefficient (Wildman–Crippen LogP) is 1.00. The predicted molar refractivity (Wildman–Crippen MR) is 58.1 cm³/mol. The number of carbonyl (C=O) groups is 1. The summed E-state index contributed by atoms with van der Waals surface area (Å²) in [5.41, 5.74) is 2.09. The SMILES string of the molecule is CCc1cnccc1C(=O)c1cnnn1C. The molecule has 2 heterocycles. The number of pyridine rings is 1. The number of hydrogen-bond acceptors (Lipinski definition) is 4. The van der Waals surface area contributed by atoms with Crippen molar-refractivity contribution in [3.8, 4) is 0 Å². The van der Waals surface area contributed by atoms with Crippen LogP contribution in [0.15, 0.2) is 24.7 Å². The van der Waals surface area contributed by atoms with Crippen LogP contribution in [-0.2, 0) is 13.5 Å². The van der Waals surface area contributed by atoms with Gasteiger partial charge in [-0.3, -0.25) is 9.78 Å². The molecule has 5 nitrogen and oxygen atoms in total. The fourth-order valence-corrected chi connectivity index (χ4v) is 1.56. The maximum Gasteiger partial charge on any atom is 0.213 e. The van der Waals surface area contributed by atoms with Crippen molar-refractivity contribution in [2.24, 2.45) is 7.05 Å². The van der Waals surface area contributed by atoms with Crippen LogP contribution >= 0.6 is 0 Å². The third-order valence-corrected chi connectivity index (χ3v) is 2.48. The van der Waals surface area contributed by atoms with Gasteiger partial charge in [0.1, 0.15) is 5.69 Å². The van der Waals surface area contributed by atoms with E-state index in [0.29, 0.717) is 11.3 Å². The van der Waals surface area contributed by atoms with E-state index in [1.54, 1.807) is 25.5 Å². The molecular formula is C11H12N4O. The molecule has 0 radical (unpaired) electrons. The summed E-state index contributed by atoms with van der Waals surface area (Å²) in [5.74, 6) is -0.0632. The average Bonchev–Trinajstić information content (AvgIpc) is 2.74. The van der Waals surface area contributed by atoms with Gasteiger partial charge in [0.25, 0.3) is 0 Å². The Balaban J connectivity index is 2.46. The smallest absolute Gasteiger partial charge is 0.213 e. The molecule has 0 unspecified atom stereocenters. The van der Waals surface area contributed by atoms with Gasteiger partial charge in [-0.15, -0.1) is 5.10 Å². The molecule has 0 aliphatic carbocycles. The first-order valence-electron chi connectivity index (χ1n) is 5.06. The van der Waals surface area contributed by atoms with E-state index in [-0.39, 0.29) is 5.78 Å². The van der Waals surface area contributed by atoms with Gasteiger partial charge < -0.3 is 0 Å². The average molecular weight is 216 g/mol. The van der Waals surface area contributed by atoms with Gasteiger partial charge >= 0.3 is 0 Å². The Bertz CT molecular complexity index is 518. The summed E-state index contributed by atoms with van der Waals surface area (Å²) in [6, 6.07) is 1.73. The van der Waals surface area contributed by atoms with Gasteiger partial charge in [0.2, 0.25) is 5.78 Å². The third kappa shape index (κ3) is 1.71. The zero-order valence-electron chi connectivity index (χ0n) is 9.21. The van der Waals surface area contributed by atoms with Crippen molar-refractivity contribution >= 4 is 5.78 Å². The first kappa shape index (κ1) is 10.5. The Morgan fingerprint density at radius 1 is 1.44 bits per heavy atom. The molecule has 0 amide bonds. The van der Waals surface area contributed by atoms with E-state index in [1.165, 1.54) is 10.9 Å². The summed E-state index contributed by atoms with van der Waals surface area (Å²) in [4.78, 5) is 16.2. The van der Waals surface area contributed by atoms with Crippen molar-refractivity contribution in [3.05, 3.63) is 41.5 Å². The Morgan fingerprint density at radius 2 is 2.25 bits per heavy atom. The van der Waals surface area contributed by atoms with Crippen molar-refractivity contribution in [2.75, 3.05) is 0 Å². The minimum Gasteiger partial charge on any atom is -0.287 e. The van der Waals surface area contributed by atoms with Crippen molar-refractivity contribution in [2.45, 2.75) is 13.3 Å². The van der Waals surface area contributed by atoms with Crippen LogP contribution in [0, 0.1) is 0 Å². The Kier molecular flexibility index (Phi) is 2.76. The zero-order chi connectivity index (χ0) is 11.5. The molecule has 0 N–H and O–H groups in total. The normalized spacial score (nSPS) is 10.4. The van der Waals surface area contributed by atoms with Crippen LogP contribution in [-0.4, -0.2) is 25.8 Å². The molecule has 2 aromatic heterocycles. The fraction of sp³-hybridized carbons (Fsp3) is 0.273. The lowest BCUT2D eigenvalue weighted by Gasteiger charge is -2.05. The molecule has 0 aliphatic rings. The maximum absolute atomic E-state index is 12.2. The van der Waals surface area contributed by atoms with E-state index >= 15 is 0 Å². The van der Waals surface area contributed by atoms with E-state index in [4.69, 9.17) is 0 Å². The molecule has 0 saturated carbocycles. The number of hydrogen-bond donors (Lipinski definition) is 0. The van der Waals surface area contributed by atoms with Crippen molar-refractivity contribution in [3.63, 3.8) is 0 Å². The van der Waals surface area contributed by atoms with Crippen LogP contribution in [0.1, 0.15) is 28.5 Å². The number of ketones is 1. The fourth-order valence-electron chi connectivity index (χ4n) is 1.56.